The molecule has 20 heavy (non-hydrogen) atoms. The number of hydrogen-bond acceptors (Lipinski definition) is 3. The Balaban J connectivity index is 2.55. The summed E-state index contributed by atoms with van der Waals surface area (Å²) < 4.78 is 10.7. The number of ether oxygens (including phenoxy) is 2. The predicted molar refractivity (Wildman–Crippen MR) is 83.2 cm³/mol. The summed E-state index contributed by atoms with van der Waals surface area (Å²) in [7, 11) is 3.51. The molecule has 0 aromatic heterocycles. The lowest BCUT2D eigenvalue weighted by atomic mass is 9.56. The summed E-state index contributed by atoms with van der Waals surface area (Å²) in [5, 5.41) is 6.83. The molecule has 0 saturated heterocycles. The van der Waals surface area contributed by atoms with Gasteiger partial charge in [0.1, 0.15) is 0 Å². The molecule has 1 rings (SSSR count). The first-order valence-corrected chi connectivity index (χ1v) is 7.50. The number of hydrogen-bond donors (Lipinski definition) is 2. The van der Waals surface area contributed by atoms with Crippen molar-refractivity contribution in [3.05, 3.63) is 0 Å². The number of rotatable bonds is 7. The zero-order chi connectivity index (χ0) is 15.2. The second-order valence-electron chi connectivity index (χ2n) is 6.16. The Kier molecular flexibility index (Phi) is 6.27. The molecule has 2 unspecified atom stereocenters. The molecule has 1 aliphatic rings. The molecular formula is C15H31N3O2. The first-order valence-electron chi connectivity index (χ1n) is 7.50. The number of aliphatic imine (C=N–C) groups is 1. The van der Waals surface area contributed by atoms with E-state index in [2.05, 4.69) is 43.3 Å². The molecule has 5 nitrogen and oxygen atoms in total. The van der Waals surface area contributed by atoms with Gasteiger partial charge in [0.25, 0.3) is 0 Å². The molecule has 118 valence electrons. The van der Waals surface area contributed by atoms with Gasteiger partial charge >= 0.3 is 0 Å². The normalized spacial score (nSPS) is 28.9. The van der Waals surface area contributed by atoms with Gasteiger partial charge in [-0.05, 0) is 26.7 Å². The number of nitrogens with one attached hydrogen (secondary N) is 2. The van der Waals surface area contributed by atoms with Crippen LogP contribution in [-0.2, 0) is 9.47 Å². The highest BCUT2D eigenvalue weighted by atomic mass is 16.5. The zero-order valence-corrected chi connectivity index (χ0v) is 13.9. The Morgan fingerprint density at radius 2 is 2.00 bits per heavy atom. The Labute approximate surface area is 123 Å². The average Bonchev–Trinajstić information content (AvgIpc) is 2.42. The van der Waals surface area contributed by atoms with E-state index in [0.717, 1.165) is 38.5 Å². The van der Waals surface area contributed by atoms with E-state index in [1.165, 1.54) is 0 Å². The lowest BCUT2D eigenvalue weighted by Gasteiger charge is -2.59. The maximum atomic E-state index is 5.66. The molecule has 0 radical (unpaired) electrons. The quantitative estimate of drug-likeness (QED) is 0.425. The van der Waals surface area contributed by atoms with Crippen LogP contribution in [0, 0.1) is 5.41 Å². The highest BCUT2D eigenvalue weighted by Crippen LogP contribution is 2.51. The number of nitrogens with zero attached hydrogens (tertiary/aromatic N) is 1. The van der Waals surface area contributed by atoms with Crippen molar-refractivity contribution in [3.63, 3.8) is 0 Å². The molecule has 0 amide bonds. The van der Waals surface area contributed by atoms with Crippen molar-refractivity contribution in [1.82, 2.24) is 10.6 Å². The molecule has 1 aliphatic carbocycles. The number of guanidine groups is 1. The summed E-state index contributed by atoms with van der Waals surface area (Å²) in [6.07, 6.45) is 1.94. The van der Waals surface area contributed by atoms with E-state index in [1.54, 1.807) is 14.2 Å². The van der Waals surface area contributed by atoms with Gasteiger partial charge in [-0.2, -0.15) is 0 Å². The monoisotopic (exact) mass is 285 g/mol. The molecule has 0 heterocycles. The predicted octanol–water partition coefficient (Wildman–Crippen LogP) is 1.78. The molecule has 0 aromatic carbocycles. The topological polar surface area (TPSA) is 54.9 Å². The summed E-state index contributed by atoms with van der Waals surface area (Å²) in [5.41, 5.74) is 0.0303. The van der Waals surface area contributed by atoms with Crippen molar-refractivity contribution in [2.45, 2.75) is 52.2 Å². The Hall–Kier alpha value is -0.810. The lowest BCUT2D eigenvalue weighted by Crippen LogP contribution is -2.69. The smallest absolute Gasteiger partial charge is 0.191 e. The van der Waals surface area contributed by atoms with Gasteiger partial charge in [0.2, 0.25) is 0 Å². The maximum absolute atomic E-state index is 5.66. The molecular weight excluding hydrogens is 254 g/mol. The molecule has 5 heteroatoms. The molecule has 0 spiro atoms. The standard InChI is InChI=1S/C15H31N3O2/c1-7-16-13(17-9-8-10-19-5)18-12-11-15(4,20-6)14(12,2)3/h12H,7-11H2,1-6H3,(H2,16,17,18). The third kappa shape index (κ3) is 3.64. The molecule has 2 N–H and O–H groups in total. The van der Waals surface area contributed by atoms with Crippen LogP contribution in [0.15, 0.2) is 4.99 Å². The first kappa shape index (κ1) is 17.2. The van der Waals surface area contributed by atoms with Gasteiger partial charge in [0, 0.05) is 45.4 Å². The van der Waals surface area contributed by atoms with Gasteiger partial charge < -0.3 is 20.1 Å². The van der Waals surface area contributed by atoms with Crippen LogP contribution in [0.4, 0.5) is 0 Å². The van der Waals surface area contributed by atoms with Crippen molar-refractivity contribution in [2.75, 3.05) is 33.9 Å². The van der Waals surface area contributed by atoms with Gasteiger partial charge in [-0.1, -0.05) is 13.8 Å². The van der Waals surface area contributed by atoms with Crippen molar-refractivity contribution >= 4 is 5.96 Å². The van der Waals surface area contributed by atoms with Crippen LogP contribution in [0.25, 0.3) is 0 Å². The van der Waals surface area contributed by atoms with Crippen LogP contribution in [0.2, 0.25) is 0 Å². The lowest BCUT2D eigenvalue weighted by molar-refractivity contribution is -0.176. The van der Waals surface area contributed by atoms with Gasteiger partial charge in [0.15, 0.2) is 5.96 Å². The van der Waals surface area contributed by atoms with Crippen LogP contribution >= 0.6 is 0 Å². The van der Waals surface area contributed by atoms with Crippen LogP contribution in [0.5, 0.6) is 0 Å². The van der Waals surface area contributed by atoms with E-state index in [4.69, 9.17) is 9.47 Å². The average molecular weight is 285 g/mol. The molecule has 0 aromatic rings. The van der Waals surface area contributed by atoms with Crippen molar-refractivity contribution < 1.29 is 9.47 Å². The third-order valence-corrected chi connectivity index (χ3v) is 4.71. The van der Waals surface area contributed by atoms with Crippen LogP contribution in [-0.4, -0.2) is 51.5 Å². The van der Waals surface area contributed by atoms with Crippen LogP contribution in [0.1, 0.15) is 40.5 Å². The van der Waals surface area contributed by atoms with Gasteiger partial charge in [0.05, 0.1) is 5.60 Å². The van der Waals surface area contributed by atoms with Gasteiger partial charge in [-0.15, -0.1) is 0 Å². The zero-order valence-electron chi connectivity index (χ0n) is 13.9. The highest BCUT2D eigenvalue weighted by Gasteiger charge is 2.57. The molecule has 0 bridgehead atoms. The fourth-order valence-electron chi connectivity index (χ4n) is 2.61. The van der Waals surface area contributed by atoms with E-state index in [9.17, 15) is 0 Å². The summed E-state index contributed by atoms with van der Waals surface area (Å²) in [6, 6.07) is 0.382. The highest BCUT2D eigenvalue weighted by molar-refractivity contribution is 5.80. The van der Waals surface area contributed by atoms with Gasteiger partial charge in [-0.3, -0.25) is 4.99 Å². The fraction of sp³-hybridized carbons (Fsp3) is 0.933. The largest absolute Gasteiger partial charge is 0.385 e. The Bertz CT molecular complexity index is 331. The van der Waals surface area contributed by atoms with E-state index in [-0.39, 0.29) is 11.0 Å². The van der Waals surface area contributed by atoms with Crippen LogP contribution in [0.3, 0.4) is 0 Å². The summed E-state index contributed by atoms with van der Waals surface area (Å²) in [6.45, 7) is 11.1. The second-order valence-corrected chi connectivity index (χ2v) is 6.16. The van der Waals surface area contributed by atoms with E-state index < -0.39 is 0 Å². The van der Waals surface area contributed by atoms with Crippen LogP contribution < -0.4 is 10.6 Å². The van der Waals surface area contributed by atoms with Crippen molar-refractivity contribution in [1.29, 1.82) is 0 Å². The van der Waals surface area contributed by atoms with E-state index in [0.29, 0.717) is 6.04 Å². The Morgan fingerprint density at radius 1 is 1.30 bits per heavy atom. The minimum atomic E-state index is -0.0575. The third-order valence-electron chi connectivity index (χ3n) is 4.71. The molecule has 0 aliphatic heterocycles. The van der Waals surface area contributed by atoms with Gasteiger partial charge in [-0.25, -0.2) is 0 Å². The second kappa shape index (κ2) is 7.27. The minimum absolute atomic E-state index is 0.0575. The molecule has 1 fully saturated rings. The number of methoxy groups -OCH3 is 2. The van der Waals surface area contributed by atoms with E-state index >= 15 is 0 Å². The summed E-state index contributed by atoms with van der Waals surface area (Å²) in [4.78, 5) is 4.59. The Morgan fingerprint density at radius 3 is 2.50 bits per heavy atom. The minimum Gasteiger partial charge on any atom is -0.385 e. The summed E-state index contributed by atoms with van der Waals surface area (Å²) >= 11 is 0. The molecule has 2 atom stereocenters. The summed E-state index contributed by atoms with van der Waals surface area (Å²) in [5.74, 6) is 0.889. The van der Waals surface area contributed by atoms with Crippen molar-refractivity contribution in [3.8, 4) is 0 Å². The van der Waals surface area contributed by atoms with E-state index in [1.807, 2.05) is 0 Å². The fourth-order valence-corrected chi connectivity index (χ4v) is 2.61. The maximum Gasteiger partial charge on any atom is 0.191 e. The molecule has 1 saturated carbocycles. The first-order chi connectivity index (χ1) is 9.41. The van der Waals surface area contributed by atoms with Crippen molar-refractivity contribution in [2.24, 2.45) is 10.4 Å². The SMILES string of the molecule is CCNC(=NCCCOC)NC1CC(C)(OC)C1(C)C.